The fourth-order valence-electron chi connectivity index (χ4n) is 2.12. The van der Waals surface area contributed by atoms with Gasteiger partial charge in [-0.3, -0.25) is 0 Å². The minimum Gasteiger partial charge on any atom is -0.311 e. The lowest BCUT2D eigenvalue weighted by Crippen LogP contribution is -2.32. The lowest BCUT2D eigenvalue weighted by atomic mass is 10.1. The van der Waals surface area contributed by atoms with Crippen LogP contribution in [-0.4, -0.2) is 17.0 Å². The van der Waals surface area contributed by atoms with Crippen LogP contribution in [0.25, 0.3) is 0 Å². The van der Waals surface area contributed by atoms with E-state index in [0.717, 1.165) is 12.6 Å². The molecule has 1 atom stereocenters. The van der Waals surface area contributed by atoms with Crippen molar-refractivity contribution in [3.63, 3.8) is 0 Å². The minimum atomic E-state index is -0.772. The summed E-state index contributed by atoms with van der Waals surface area (Å²) < 4.78 is 26.6. The third kappa shape index (κ3) is 3.19. The van der Waals surface area contributed by atoms with Gasteiger partial charge in [-0.1, -0.05) is 12.1 Å². The second-order valence-corrected chi connectivity index (χ2v) is 6.40. The van der Waals surface area contributed by atoms with Gasteiger partial charge in [0.25, 0.3) is 0 Å². The molecular formula is C13H17F2NS. The van der Waals surface area contributed by atoms with Crippen LogP contribution in [0.2, 0.25) is 0 Å². The van der Waals surface area contributed by atoms with Crippen molar-refractivity contribution < 1.29 is 8.78 Å². The van der Waals surface area contributed by atoms with E-state index < -0.39 is 11.6 Å². The average Bonchev–Trinajstić information content (AvgIpc) is 2.72. The molecule has 0 aromatic heterocycles. The fourth-order valence-corrected chi connectivity index (χ4v) is 3.40. The minimum absolute atomic E-state index is 0.254. The second-order valence-electron chi connectivity index (χ2n) is 4.72. The first-order chi connectivity index (χ1) is 8.11. The summed E-state index contributed by atoms with van der Waals surface area (Å²) in [5, 5.41) is 3.22. The molecule has 2 rings (SSSR count). The summed E-state index contributed by atoms with van der Waals surface area (Å²) in [6, 6.07) is 4.31. The molecule has 0 radical (unpaired) electrons. The highest BCUT2D eigenvalue weighted by molar-refractivity contribution is 8.00. The van der Waals surface area contributed by atoms with Gasteiger partial charge in [-0.25, -0.2) is 8.78 Å². The zero-order chi connectivity index (χ0) is 12.3. The molecule has 1 saturated heterocycles. The van der Waals surface area contributed by atoms with Crippen molar-refractivity contribution in [3.05, 3.63) is 35.4 Å². The SMILES string of the molecule is CC1(CNCc2cccc(F)c2F)CCCS1. The molecule has 1 aliphatic rings. The van der Waals surface area contributed by atoms with Crippen molar-refractivity contribution in [2.24, 2.45) is 0 Å². The van der Waals surface area contributed by atoms with Crippen LogP contribution in [0.15, 0.2) is 18.2 Å². The number of rotatable bonds is 4. The predicted molar refractivity (Wildman–Crippen MR) is 68.2 cm³/mol. The topological polar surface area (TPSA) is 12.0 Å². The van der Waals surface area contributed by atoms with Crippen molar-refractivity contribution in [1.29, 1.82) is 0 Å². The zero-order valence-corrected chi connectivity index (χ0v) is 10.7. The van der Waals surface area contributed by atoms with Crippen LogP contribution in [0.1, 0.15) is 25.3 Å². The highest BCUT2D eigenvalue weighted by atomic mass is 32.2. The number of thioether (sulfide) groups is 1. The van der Waals surface area contributed by atoms with Crippen LogP contribution in [0, 0.1) is 11.6 Å². The van der Waals surface area contributed by atoms with E-state index >= 15 is 0 Å². The molecule has 17 heavy (non-hydrogen) atoms. The Morgan fingerprint density at radius 1 is 1.41 bits per heavy atom. The van der Waals surface area contributed by atoms with E-state index in [9.17, 15) is 8.78 Å². The van der Waals surface area contributed by atoms with Gasteiger partial charge in [0.1, 0.15) is 0 Å². The molecule has 1 nitrogen and oxygen atoms in total. The van der Waals surface area contributed by atoms with E-state index in [1.165, 1.54) is 18.6 Å². The van der Waals surface area contributed by atoms with Crippen LogP contribution in [0.5, 0.6) is 0 Å². The van der Waals surface area contributed by atoms with E-state index in [0.29, 0.717) is 12.1 Å². The number of halogens is 2. The molecule has 0 spiro atoms. The number of hydrogen-bond acceptors (Lipinski definition) is 2. The molecule has 1 N–H and O–H groups in total. The molecule has 0 saturated carbocycles. The standard InChI is InChI=1S/C13H17F2NS/c1-13(6-3-7-17-13)9-16-8-10-4-2-5-11(14)12(10)15/h2,4-5,16H,3,6-9H2,1H3. The summed E-state index contributed by atoms with van der Waals surface area (Å²) in [6.45, 7) is 3.45. The van der Waals surface area contributed by atoms with E-state index in [1.807, 2.05) is 11.8 Å². The molecule has 1 unspecified atom stereocenters. The van der Waals surface area contributed by atoms with Crippen LogP contribution < -0.4 is 5.32 Å². The third-order valence-electron chi connectivity index (χ3n) is 3.15. The van der Waals surface area contributed by atoms with Crippen LogP contribution in [0.3, 0.4) is 0 Å². The normalized spacial score (nSPS) is 24.2. The first-order valence-electron chi connectivity index (χ1n) is 5.88. The highest BCUT2D eigenvalue weighted by Gasteiger charge is 2.28. The Bertz CT molecular complexity index is 389. The van der Waals surface area contributed by atoms with E-state index in [-0.39, 0.29) is 4.75 Å². The summed E-state index contributed by atoms with van der Waals surface area (Å²) in [7, 11) is 0. The largest absolute Gasteiger partial charge is 0.311 e. The molecule has 0 aliphatic carbocycles. The monoisotopic (exact) mass is 257 g/mol. The number of benzene rings is 1. The average molecular weight is 257 g/mol. The van der Waals surface area contributed by atoms with Gasteiger partial charge in [0.15, 0.2) is 11.6 Å². The summed E-state index contributed by atoms with van der Waals surface area (Å²) in [5.41, 5.74) is 0.400. The van der Waals surface area contributed by atoms with Gasteiger partial charge in [-0.05, 0) is 31.6 Å². The molecular weight excluding hydrogens is 240 g/mol. The van der Waals surface area contributed by atoms with Crippen molar-refractivity contribution in [3.8, 4) is 0 Å². The maximum Gasteiger partial charge on any atom is 0.163 e. The van der Waals surface area contributed by atoms with Gasteiger partial charge in [0, 0.05) is 23.4 Å². The molecule has 0 amide bonds. The second kappa shape index (κ2) is 5.36. The smallest absolute Gasteiger partial charge is 0.163 e. The van der Waals surface area contributed by atoms with Crippen LogP contribution >= 0.6 is 11.8 Å². The van der Waals surface area contributed by atoms with E-state index in [4.69, 9.17) is 0 Å². The Labute approximate surface area is 105 Å². The van der Waals surface area contributed by atoms with E-state index in [2.05, 4.69) is 12.2 Å². The van der Waals surface area contributed by atoms with Crippen molar-refractivity contribution >= 4 is 11.8 Å². The maximum absolute atomic E-state index is 13.4. The molecule has 1 aromatic carbocycles. The molecule has 1 aromatic rings. The van der Waals surface area contributed by atoms with Gasteiger partial charge < -0.3 is 5.32 Å². The molecule has 0 bridgehead atoms. The Balaban J connectivity index is 1.88. The van der Waals surface area contributed by atoms with Gasteiger partial charge in [-0.15, -0.1) is 0 Å². The highest BCUT2D eigenvalue weighted by Crippen LogP contribution is 2.36. The molecule has 1 heterocycles. The van der Waals surface area contributed by atoms with Crippen LogP contribution in [-0.2, 0) is 6.54 Å². The fraction of sp³-hybridized carbons (Fsp3) is 0.538. The Morgan fingerprint density at radius 3 is 2.94 bits per heavy atom. The summed E-state index contributed by atoms with van der Waals surface area (Å²) in [5.74, 6) is -0.304. The van der Waals surface area contributed by atoms with Gasteiger partial charge >= 0.3 is 0 Å². The Morgan fingerprint density at radius 2 is 2.24 bits per heavy atom. The molecule has 4 heteroatoms. The van der Waals surface area contributed by atoms with Crippen molar-refractivity contribution in [2.45, 2.75) is 31.1 Å². The lowest BCUT2D eigenvalue weighted by molar-refractivity contribution is 0.484. The summed E-state index contributed by atoms with van der Waals surface area (Å²) in [6.07, 6.45) is 2.44. The quantitative estimate of drug-likeness (QED) is 0.888. The molecule has 94 valence electrons. The van der Waals surface area contributed by atoms with Gasteiger partial charge in [0.2, 0.25) is 0 Å². The van der Waals surface area contributed by atoms with Gasteiger partial charge in [0.05, 0.1) is 0 Å². The van der Waals surface area contributed by atoms with Crippen molar-refractivity contribution in [1.82, 2.24) is 5.32 Å². The summed E-state index contributed by atoms with van der Waals surface area (Å²) >= 11 is 1.96. The van der Waals surface area contributed by atoms with Crippen molar-refractivity contribution in [2.75, 3.05) is 12.3 Å². The van der Waals surface area contributed by atoms with Gasteiger partial charge in [-0.2, -0.15) is 11.8 Å². The van der Waals surface area contributed by atoms with Crippen LogP contribution in [0.4, 0.5) is 8.78 Å². The maximum atomic E-state index is 13.4. The lowest BCUT2D eigenvalue weighted by Gasteiger charge is -2.23. The summed E-state index contributed by atoms with van der Waals surface area (Å²) in [4.78, 5) is 0. The molecule has 1 fully saturated rings. The number of hydrogen-bond donors (Lipinski definition) is 1. The first kappa shape index (κ1) is 12.8. The Hall–Kier alpha value is -0.610. The third-order valence-corrected chi connectivity index (χ3v) is 4.68. The number of nitrogens with one attached hydrogen (secondary N) is 1. The zero-order valence-electron chi connectivity index (χ0n) is 9.93. The predicted octanol–water partition coefficient (Wildman–Crippen LogP) is 3.34. The Kier molecular flexibility index (Phi) is 4.05. The molecule has 1 aliphatic heterocycles. The van der Waals surface area contributed by atoms with E-state index in [1.54, 1.807) is 12.1 Å². The first-order valence-corrected chi connectivity index (χ1v) is 6.87.